The van der Waals surface area contributed by atoms with E-state index in [1.807, 2.05) is 38.1 Å². The molecule has 1 atom stereocenters. The number of piperazine rings is 1. The smallest absolute Gasteiger partial charge is 0.234 e. The molecule has 1 saturated heterocycles. The molecule has 1 aromatic carbocycles. The van der Waals surface area contributed by atoms with Crippen molar-refractivity contribution in [1.29, 1.82) is 0 Å². The number of aryl methyl sites for hydroxylation is 1. The Morgan fingerprint density at radius 3 is 2.53 bits per heavy atom. The molecular formula is C21H36IN5O3. The standard InChI is InChI=1S/C21H35N5O3.HI/c1-17-7-5-6-8-19(17)29-18(2)15-24-21(22-3)26-12-10-25(11-13-26)16-20(27)23-9-14-28-4;/h5-8,18H,9-16H2,1-4H3,(H,22,24)(H,23,27);1H. The molecule has 0 spiro atoms. The summed E-state index contributed by atoms with van der Waals surface area (Å²) >= 11 is 0. The second-order valence-corrected chi connectivity index (χ2v) is 7.23. The highest BCUT2D eigenvalue weighted by molar-refractivity contribution is 14.0. The summed E-state index contributed by atoms with van der Waals surface area (Å²) in [4.78, 5) is 20.7. The lowest BCUT2D eigenvalue weighted by Gasteiger charge is -2.36. The Labute approximate surface area is 197 Å². The Morgan fingerprint density at radius 2 is 1.90 bits per heavy atom. The summed E-state index contributed by atoms with van der Waals surface area (Å²) in [6.07, 6.45) is 0.0185. The first kappa shape index (κ1) is 26.4. The normalized spacial score (nSPS) is 15.9. The molecule has 2 N–H and O–H groups in total. The molecule has 1 aromatic rings. The lowest BCUT2D eigenvalue weighted by molar-refractivity contribution is -0.122. The van der Waals surface area contributed by atoms with Crippen molar-refractivity contribution >= 4 is 35.8 Å². The van der Waals surface area contributed by atoms with Crippen LogP contribution in [-0.2, 0) is 9.53 Å². The van der Waals surface area contributed by atoms with Crippen LogP contribution in [0.1, 0.15) is 12.5 Å². The molecule has 1 heterocycles. The number of guanidine groups is 1. The molecule has 1 unspecified atom stereocenters. The van der Waals surface area contributed by atoms with Gasteiger partial charge in [0.1, 0.15) is 11.9 Å². The van der Waals surface area contributed by atoms with E-state index in [1.165, 1.54) is 0 Å². The number of methoxy groups -OCH3 is 1. The number of para-hydroxylation sites is 1. The molecule has 1 aliphatic rings. The Bertz CT molecular complexity index is 666. The number of hydrogen-bond acceptors (Lipinski definition) is 5. The third kappa shape index (κ3) is 9.05. The summed E-state index contributed by atoms with van der Waals surface area (Å²) in [5.41, 5.74) is 1.13. The highest BCUT2D eigenvalue weighted by Crippen LogP contribution is 2.17. The SMILES string of the molecule is CN=C(NCC(C)Oc1ccccc1C)N1CCN(CC(=O)NCCOC)CC1.I. The minimum atomic E-state index is 0. The molecule has 2 rings (SSSR count). The molecular weight excluding hydrogens is 497 g/mol. The number of amides is 1. The second kappa shape index (κ2) is 14.4. The van der Waals surface area contributed by atoms with E-state index in [2.05, 4.69) is 25.4 Å². The fourth-order valence-electron chi connectivity index (χ4n) is 3.18. The largest absolute Gasteiger partial charge is 0.489 e. The molecule has 9 heteroatoms. The first-order valence-electron chi connectivity index (χ1n) is 10.2. The van der Waals surface area contributed by atoms with Crippen LogP contribution < -0.4 is 15.4 Å². The number of nitrogens with zero attached hydrogens (tertiary/aromatic N) is 3. The average Bonchev–Trinajstić information content (AvgIpc) is 2.71. The van der Waals surface area contributed by atoms with E-state index in [0.29, 0.717) is 26.2 Å². The van der Waals surface area contributed by atoms with Gasteiger partial charge in [-0.15, -0.1) is 24.0 Å². The van der Waals surface area contributed by atoms with Gasteiger partial charge in [-0.2, -0.15) is 0 Å². The van der Waals surface area contributed by atoms with Gasteiger partial charge in [0, 0.05) is 46.9 Å². The number of benzene rings is 1. The molecule has 30 heavy (non-hydrogen) atoms. The third-order valence-electron chi connectivity index (χ3n) is 4.85. The third-order valence-corrected chi connectivity index (χ3v) is 4.85. The number of nitrogens with one attached hydrogen (secondary N) is 2. The van der Waals surface area contributed by atoms with Gasteiger partial charge in [0.2, 0.25) is 5.91 Å². The molecule has 1 aliphatic heterocycles. The molecule has 0 bridgehead atoms. The quantitative estimate of drug-likeness (QED) is 0.216. The van der Waals surface area contributed by atoms with Gasteiger partial charge in [0.15, 0.2) is 5.96 Å². The number of carbonyl (C=O) groups excluding carboxylic acids is 1. The molecule has 1 fully saturated rings. The fraction of sp³-hybridized carbons (Fsp3) is 0.619. The fourth-order valence-corrected chi connectivity index (χ4v) is 3.18. The van der Waals surface area contributed by atoms with Crippen molar-refractivity contribution in [2.75, 3.05) is 66.6 Å². The predicted molar refractivity (Wildman–Crippen MR) is 131 cm³/mol. The van der Waals surface area contributed by atoms with E-state index in [9.17, 15) is 4.79 Å². The maximum Gasteiger partial charge on any atom is 0.234 e. The van der Waals surface area contributed by atoms with Crippen LogP contribution in [0.5, 0.6) is 5.75 Å². The van der Waals surface area contributed by atoms with Crippen LogP contribution in [-0.4, -0.2) is 94.3 Å². The van der Waals surface area contributed by atoms with Gasteiger partial charge in [-0.05, 0) is 25.5 Å². The van der Waals surface area contributed by atoms with Crippen molar-refractivity contribution in [3.8, 4) is 5.75 Å². The highest BCUT2D eigenvalue weighted by Gasteiger charge is 2.21. The van der Waals surface area contributed by atoms with Crippen LogP contribution >= 0.6 is 24.0 Å². The highest BCUT2D eigenvalue weighted by atomic mass is 127. The van der Waals surface area contributed by atoms with Crippen LogP contribution in [0.15, 0.2) is 29.3 Å². The van der Waals surface area contributed by atoms with E-state index >= 15 is 0 Å². The van der Waals surface area contributed by atoms with Crippen molar-refractivity contribution in [2.24, 2.45) is 4.99 Å². The summed E-state index contributed by atoms with van der Waals surface area (Å²) in [5.74, 6) is 1.82. The van der Waals surface area contributed by atoms with Crippen molar-refractivity contribution in [3.05, 3.63) is 29.8 Å². The summed E-state index contributed by atoms with van der Waals surface area (Å²) in [7, 11) is 3.42. The molecule has 170 valence electrons. The summed E-state index contributed by atoms with van der Waals surface area (Å²) in [5, 5.41) is 6.27. The van der Waals surface area contributed by atoms with Crippen molar-refractivity contribution in [1.82, 2.24) is 20.4 Å². The summed E-state index contributed by atoms with van der Waals surface area (Å²) in [6.45, 7) is 9.59. The Kier molecular flexibility index (Phi) is 12.7. The zero-order valence-corrected chi connectivity index (χ0v) is 20.8. The lowest BCUT2D eigenvalue weighted by Crippen LogP contribution is -2.54. The van der Waals surface area contributed by atoms with Crippen LogP contribution in [0, 0.1) is 6.92 Å². The Hall–Kier alpha value is -1.59. The summed E-state index contributed by atoms with van der Waals surface area (Å²) < 4.78 is 11.0. The predicted octanol–water partition coefficient (Wildman–Crippen LogP) is 1.34. The van der Waals surface area contributed by atoms with Gasteiger partial charge in [0.05, 0.1) is 19.7 Å². The van der Waals surface area contributed by atoms with Crippen LogP contribution in [0.3, 0.4) is 0 Å². The molecule has 8 nitrogen and oxygen atoms in total. The van der Waals surface area contributed by atoms with Crippen molar-refractivity contribution in [3.63, 3.8) is 0 Å². The minimum Gasteiger partial charge on any atom is -0.489 e. The van der Waals surface area contributed by atoms with E-state index in [1.54, 1.807) is 14.2 Å². The minimum absolute atomic E-state index is 0. The monoisotopic (exact) mass is 533 g/mol. The van der Waals surface area contributed by atoms with Crippen molar-refractivity contribution < 1.29 is 14.3 Å². The maximum absolute atomic E-state index is 11.9. The number of hydrogen-bond donors (Lipinski definition) is 2. The molecule has 0 saturated carbocycles. The topological polar surface area (TPSA) is 78.4 Å². The number of halogens is 1. The zero-order chi connectivity index (χ0) is 21.1. The number of rotatable bonds is 9. The van der Waals surface area contributed by atoms with Gasteiger partial charge >= 0.3 is 0 Å². The first-order valence-corrected chi connectivity index (χ1v) is 10.2. The molecule has 0 aliphatic carbocycles. The Morgan fingerprint density at radius 1 is 1.20 bits per heavy atom. The molecule has 0 aromatic heterocycles. The van der Waals surface area contributed by atoms with E-state index < -0.39 is 0 Å². The molecule has 1 amide bonds. The lowest BCUT2D eigenvalue weighted by atomic mass is 10.2. The number of ether oxygens (including phenoxy) is 2. The van der Waals surface area contributed by atoms with Crippen LogP contribution in [0.4, 0.5) is 0 Å². The van der Waals surface area contributed by atoms with E-state index in [4.69, 9.17) is 9.47 Å². The van der Waals surface area contributed by atoms with Crippen LogP contribution in [0.2, 0.25) is 0 Å². The van der Waals surface area contributed by atoms with Gasteiger partial charge in [-0.25, -0.2) is 0 Å². The van der Waals surface area contributed by atoms with Crippen LogP contribution in [0.25, 0.3) is 0 Å². The van der Waals surface area contributed by atoms with Gasteiger partial charge in [-0.1, -0.05) is 18.2 Å². The van der Waals surface area contributed by atoms with E-state index in [-0.39, 0.29) is 36.0 Å². The first-order chi connectivity index (χ1) is 14.0. The average molecular weight is 533 g/mol. The van der Waals surface area contributed by atoms with Gasteiger partial charge in [-0.3, -0.25) is 14.7 Å². The molecule has 0 radical (unpaired) electrons. The number of carbonyl (C=O) groups is 1. The van der Waals surface area contributed by atoms with E-state index in [0.717, 1.165) is 43.5 Å². The maximum atomic E-state index is 11.9. The summed E-state index contributed by atoms with van der Waals surface area (Å²) in [6, 6.07) is 8.03. The van der Waals surface area contributed by atoms with Gasteiger partial charge in [0.25, 0.3) is 0 Å². The zero-order valence-electron chi connectivity index (χ0n) is 18.5. The second-order valence-electron chi connectivity index (χ2n) is 7.23. The number of aliphatic imine (C=N–C) groups is 1. The Balaban J connectivity index is 0.00000450. The van der Waals surface area contributed by atoms with Crippen molar-refractivity contribution in [2.45, 2.75) is 20.0 Å². The van der Waals surface area contributed by atoms with Gasteiger partial charge < -0.3 is 25.0 Å².